The number of carbonyl (C=O) groups is 2. The highest BCUT2D eigenvalue weighted by atomic mass is 32.2. The Morgan fingerprint density at radius 2 is 1.87 bits per heavy atom. The van der Waals surface area contributed by atoms with E-state index in [-0.39, 0.29) is 21.8 Å². The maximum Gasteiger partial charge on any atom is 0.341 e. The Kier molecular flexibility index (Phi) is 6.99. The highest BCUT2D eigenvalue weighted by Gasteiger charge is 2.53. The summed E-state index contributed by atoms with van der Waals surface area (Å²) >= 11 is 1.40. The smallest absolute Gasteiger partial charge is 0.341 e. The summed E-state index contributed by atoms with van der Waals surface area (Å²) in [5.41, 5.74) is 1.80. The molecule has 2 aliphatic heterocycles. The van der Waals surface area contributed by atoms with Crippen LogP contribution in [0.4, 0.5) is 5.00 Å². The lowest BCUT2D eigenvalue weighted by Gasteiger charge is -2.39. The standard InChI is InChI=1S/C28H37N3O5S2/c1-6-30-12-11-21-22(15-30)37-25(23(21)26(33)36-5)29-24(32)18-7-9-20(10-8-18)38(34,35)31-17-28(4)14-19(31)13-27(2,3)16-28/h7-10,19H,6,11-17H2,1-5H3,(H,29,32)/t19?,28-/m1/s1. The van der Waals surface area contributed by atoms with Crippen molar-refractivity contribution in [2.45, 2.75) is 70.9 Å². The Morgan fingerprint density at radius 3 is 2.53 bits per heavy atom. The van der Waals surface area contributed by atoms with Crippen LogP contribution in [0.15, 0.2) is 29.2 Å². The molecule has 10 heteroatoms. The molecule has 2 bridgehead atoms. The van der Waals surface area contributed by atoms with E-state index in [9.17, 15) is 18.0 Å². The van der Waals surface area contributed by atoms with Gasteiger partial charge in [0.1, 0.15) is 5.00 Å². The lowest BCUT2D eigenvalue weighted by molar-refractivity contribution is 0.0600. The van der Waals surface area contributed by atoms with E-state index in [2.05, 4.69) is 37.9 Å². The molecule has 1 saturated heterocycles. The molecule has 0 spiro atoms. The second-order valence-electron chi connectivity index (χ2n) is 12.1. The zero-order valence-corrected chi connectivity index (χ0v) is 24.4. The summed E-state index contributed by atoms with van der Waals surface area (Å²) < 4.78 is 33.9. The summed E-state index contributed by atoms with van der Waals surface area (Å²) in [5, 5.41) is 3.36. The van der Waals surface area contributed by atoms with Crippen LogP contribution in [0.25, 0.3) is 0 Å². The van der Waals surface area contributed by atoms with Crippen LogP contribution < -0.4 is 5.32 Å². The van der Waals surface area contributed by atoms with Crippen LogP contribution >= 0.6 is 11.3 Å². The number of hydrogen-bond acceptors (Lipinski definition) is 7. The van der Waals surface area contributed by atoms with Gasteiger partial charge in [0.15, 0.2) is 0 Å². The number of sulfonamides is 1. The summed E-state index contributed by atoms with van der Waals surface area (Å²) in [6.45, 7) is 11.8. The molecule has 2 fully saturated rings. The summed E-state index contributed by atoms with van der Waals surface area (Å²) in [4.78, 5) is 29.3. The second kappa shape index (κ2) is 9.73. The van der Waals surface area contributed by atoms with E-state index in [0.29, 0.717) is 22.7 Å². The number of amides is 1. The molecule has 8 nitrogen and oxygen atoms in total. The van der Waals surface area contributed by atoms with Crippen molar-refractivity contribution in [3.05, 3.63) is 45.8 Å². The number of carbonyl (C=O) groups excluding carboxylic acids is 2. The SMILES string of the molecule is CCN1CCc2c(sc(NC(=O)c3ccc(S(=O)(=O)N4C[C@]5(C)CC4CC(C)(C)C5)cc3)c2C(=O)OC)C1. The number of rotatable bonds is 6. The third-order valence-electron chi connectivity index (χ3n) is 8.29. The van der Waals surface area contributed by atoms with E-state index in [1.165, 1.54) is 30.6 Å². The van der Waals surface area contributed by atoms with E-state index < -0.39 is 21.9 Å². The lowest BCUT2D eigenvalue weighted by atomic mass is 9.65. The van der Waals surface area contributed by atoms with Crippen LogP contribution in [0.1, 0.15) is 78.1 Å². The molecule has 1 amide bonds. The summed E-state index contributed by atoms with van der Waals surface area (Å²) in [7, 11) is -2.33. The zero-order chi connectivity index (χ0) is 27.5. The fourth-order valence-corrected chi connectivity index (χ4v) is 9.96. The highest BCUT2D eigenvalue weighted by molar-refractivity contribution is 7.89. The van der Waals surface area contributed by atoms with Gasteiger partial charge in [0.05, 0.1) is 17.6 Å². The number of likely N-dealkylation sites (N-methyl/N-ethyl adjacent to an activating group) is 1. The number of nitrogens with zero attached hydrogens (tertiary/aromatic N) is 2. The van der Waals surface area contributed by atoms with Gasteiger partial charge < -0.3 is 10.1 Å². The van der Waals surface area contributed by atoms with Crippen LogP contribution in [-0.2, 0) is 27.7 Å². The van der Waals surface area contributed by atoms with E-state index in [4.69, 9.17) is 4.74 Å². The number of nitrogens with one attached hydrogen (secondary N) is 1. The summed E-state index contributed by atoms with van der Waals surface area (Å²) in [6, 6.07) is 6.11. The van der Waals surface area contributed by atoms with Gasteiger partial charge >= 0.3 is 5.97 Å². The van der Waals surface area contributed by atoms with Crippen molar-refractivity contribution >= 4 is 38.2 Å². The highest BCUT2D eigenvalue weighted by Crippen LogP contribution is 2.53. The van der Waals surface area contributed by atoms with Gasteiger partial charge in [-0.25, -0.2) is 13.2 Å². The van der Waals surface area contributed by atoms with Crippen molar-refractivity contribution in [2.24, 2.45) is 10.8 Å². The maximum absolute atomic E-state index is 13.6. The number of benzene rings is 1. The summed E-state index contributed by atoms with van der Waals surface area (Å²) in [5.74, 6) is -0.853. The van der Waals surface area contributed by atoms with Crippen LogP contribution in [-0.4, -0.2) is 62.3 Å². The molecule has 1 aromatic heterocycles. The van der Waals surface area contributed by atoms with Gasteiger partial charge in [-0.05, 0) is 72.9 Å². The monoisotopic (exact) mass is 559 g/mol. The molecule has 1 aromatic carbocycles. The van der Waals surface area contributed by atoms with Gasteiger partial charge in [-0.15, -0.1) is 11.3 Å². The molecular weight excluding hydrogens is 522 g/mol. The first-order valence-corrected chi connectivity index (χ1v) is 15.5. The molecule has 1 saturated carbocycles. The number of esters is 1. The molecule has 3 aliphatic rings. The molecule has 38 heavy (non-hydrogen) atoms. The average molecular weight is 560 g/mol. The van der Waals surface area contributed by atoms with Crippen LogP contribution in [0.5, 0.6) is 0 Å². The minimum Gasteiger partial charge on any atom is -0.465 e. The second-order valence-corrected chi connectivity index (χ2v) is 15.1. The van der Waals surface area contributed by atoms with Crippen molar-refractivity contribution in [3.63, 3.8) is 0 Å². The predicted octanol–water partition coefficient (Wildman–Crippen LogP) is 4.75. The molecule has 1 N–H and O–H groups in total. The van der Waals surface area contributed by atoms with Crippen molar-refractivity contribution in [1.82, 2.24) is 9.21 Å². The van der Waals surface area contributed by atoms with Crippen molar-refractivity contribution in [1.29, 1.82) is 0 Å². The molecule has 5 rings (SSSR count). The van der Waals surface area contributed by atoms with Gasteiger partial charge in [0.25, 0.3) is 5.91 Å². The van der Waals surface area contributed by atoms with Crippen molar-refractivity contribution in [2.75, 3.05) is 32.1 Å². The maximum atomic E-state index is 13.6. The first kappa shape index (κ1) is 27.3. The molecule has 0 radical (unpaired) electrons. The minimum atomic E-state index is -3.68. The Bertz CT molecular complexity index is 1370. The number of thiophene rings is 1. The van der Waals surface area contributed by atoms with Crippen molar-refractivity contribution < 1.29 is 22.7 Å². The van der Waals surface area contributed by atoms with Crippen LogP contribution in [0.3, 0.4) is 0 Å². The normalized spacial score (nSPS) is 25.1. The van der Waals surface area contributed by atoms with E-state index in [1.807, 2.05) is 0 Å². The lowest BCUT2D eigenvalue weighted by Crippen LogP contribution is -2.37. The number of ether oxygens (including phenoxy) is 1. The molecule has 3 heterocycles. The van der Waals surface area contributed by atoms with E-state index >= 15 is 0 Å². The Labute approximate surface area is 229 Å². The minimum absolute atomic E-state index is 0.00182. The third kappa shape index (κ3) is 4.92. The quantitative estimate of drug-likeness (QED) is 0.513. The van der Waals surface area contributed by atoms with E-state index in [0.717, 1.165) is 55.8 Å². The first-order valence-electron chi connectivity index (χ1n) is 13.2. The van der Waals surface area contributed by atoms with Gasteiger partial charge in [0, 0.05) is 36.1 Å². The molecule has 2 aromatic rings. The first-order chi connectivity index (χ1) is 17.9. The van der Waals surface area contributed by atoms with Crippen molar-refractivity contribution in [3.8, 4) is 0 Å². The predicted molar refractivity (Wildman–Crippen MR) is 148 cm³/mol. The zero-order valence-electron chi connectivity index (χ0n) is 22.8. The topological polar surface area (TPSA) is 96.0 Å². The number of anilines is 1. The largest absolute Gasteiger partial charge is 0.465 e. The van der Waals surface area contributed by atoms with Gasteiger partial charge in [-0.1, -0.05) is 27.7 Å². The Morgan fingerprint density at radius 1 is 1.16 bits per heavy atom. The number of hydrogen-bond donors (Lipinski definition) is 1. The van der Waals surface area contributed by atoms with Gasteiger partial charge in [0.2, 0.25) is 10.0 Å². The number of methoxy groups -OCH3 is 1. The molecule has 206 valence electrons. The number of fused-ring (bicyclic) bond motifs is 3. The average Bonchev–Trinajstić information content (AvgIpc) is 3.35. The van der Waals surface area contributed by atoms with Crippen LogP contribution in [0.2, 0.25) is 0 Å². The van der Waals surface area contributed by atoms with Gasteiger partial charge in [-0.3, -0.25) is 9.69 Å². The molecular formula is C28H37N3O5S2. The molecule has 1 unspecified atom stereocenters. The van der Waals surface area contributed by atoms with Gasteiger partial charge in [-0.2, -0.15) is 4.31 Å². The fraction of sp³-hybridized carbons (Fsp3) is 0.571. The Hall–Kier alpha value is -2.27. The van der Waals surface area contributed by atoms with Crippen LogP contribution in [0, 0.1) is 10.8 Å². The fourth-order valence-electron chi connectivity index (χ4n) is 6.91. The molecule has 1 aliphatic carbocycles. The summed E-state index contributed by atoms with van der Waals surface area (Å²) in [6.07, 6.45) is 3.48. The Balaban J connectivity index is 1.36. The molecule has 2 atom stereocenters. The third-order valence-corrected chi connectivity index (χ3v) is 11.3. The van der Waals surface area contributed by atoms with E-state index in [1.54, 1.807) is 16.4 Å².